The third-order valence-corrected chi connectivity index (χ3v) is 6.18. The Hall–Kier alpha value is -3.93. The Labute approximate surface area is 200 Å². The fourth-order valence-electron chi connectivity index (χ4n) is 4.20. The summed E-state index contributed by atoms with van der Waals surface area (Å²) in [7, 11) is 0. The molecule has 0 unspecified atom stereocenters. The SMILES string of the molecule is C[C@H](NC(=O)c1ccccc1NC(=O)[C@@H]1CC(=O)N(CCc2ccccc2)C1)c1ccccc1. The Morgan fingerprint density at radius 3 is 2.32 bits per heavy atom. The van der Waals surface area contributed by atoms with E-state index in [1.54, 1.807) is 29.2 Å². The second-order valence-corrected chi connectivity index (χ2v) is 8.62. The summed E-state index contributed by atoms with van der Waals surface area (Å²) in [5, 5.41) is 5.87. The predicted molar refractivity (Wildman–Crippen MR) is 132 cm³/mol. The number of anilines is 1. The Balaban J connectivity index is 1.37. The highest BCUT2D eigenvalue weighted by Crippen LogP contribution is 2.23. The number of benzene rings is 3. The summed E-state index contributed by atoms with van der Waals surface area (Å²) >= 11 is 0. The number of hydrogen-bond acceptors (Lipinski definition) is 3. The van der Waals surface area contributed by atoms with Gasteiger partial charge in [-0.05, 0) is 36.6 Å². The van der Waals surface area contributed by atoms with E-state index in [9.17, 15) is 14.4 Å². The van der Waals surface area contributed by atoms with Gasteiger partial charge in [-0.3, -0.25) is 14.4 Å². The molecule has 6 heteroatoms. The molecule has 0 bridgehead atoms. The summed E-state index contributed by atoms with van der Waals surface area (Å²) in [5.74, 6) is -0.965. The van der Waals surface area contributed by atoms with E-state index in [2.05, 4.69) is 10.6 Å². The Morgan fingerprint density at radius 1 is 0.941 bits per heavy atom. The highest BCUT2D eigenvalue weighted by atomic mass is 16.2. The third kappa shape index (κ3) is 5.70. The topological polar surface area (TPSA) is 78.5 Å². The maximum absolute atomic E-state index is 13.0. The Kier molecular flexibility index (Phi) is 7.38. The van der Waals surface area contributed by atoms with Gasteiger partial charge < -0.3 is 15.5 Å². The molecule has 1 aliphatic heterocycles. The fourth-order valence-corrected chi connectivity index (χ4v) is 4.20. The van der Waals surface area contributed by atoms with Crippen LogP contribution in [0.4, 0.5) is 5.69 Å². The zero-order valence-electron chi connectivity index (χ0n) is 19.2. The molecular formula is C28H29N3O3. The highest BCUT2D eigenvalue weighted by Gasteiger charge is 2.34. The van der Waals surface area contributed by atoms with E-state index >= 15 is 0 Å². The van der Waals surface area contributed by atoms with E-state index in [4.69, 9.17) is 0 Å². The van der Waals surface area contributed by atoms with E-state index in [0.29, 0.717) is 24.3 Å². The van der Waals surface area contributed by atoms with Gasteiger partial charge in [0.15, 0.2) is 0 Å². The van der Waals surface area contributed by atoms with Gasteiger partial charge in [-0.25, -0.2) is 0 Å². The van der Waals surface area contributed by atoms with Crippen molar-refractivity contribution in [2.45, 2.75) is 25.8 Å². The minimum absolute atomic E-state index is 0.0150. The van der Waals surface area contributed by atoms with Crippen LogP contribution in [0.25, 0.3) is 0 Å². The van der Waals surface area contributed by atoms with Gasteiger partial charge in [-0.15, -0.1) is 0 Å². The molecule has 1 fully saturated rings. The van der Waals surface area contributed by atoms with Gasteiger partial charge >= 0.3 is 0 Å². The van der Waals surface area contributed by atoms with Crippen molar-refractivity contribution in [3.8, 4) is 0 Å². The summed E-state index contributed by atoms with van der Waals surface area (Å²) in [6.45, 7) is 2.89. The lowest BCUT2D eigenvalue weighted by Gasteiger charge is -2.18. The summed E-state index contributed by atoms with van der Waals surface area (Å²) in [4.78, 5) is 40.2. The number of para-hydroxylation sites is 1. The van der Waals surface area contributed by atoms with Crippen molar-refractivity contribution in [1.29, 1.82) is 0 Å². The number of nitrogens with one attached hydrogen (secondary N) is 2. The molecule has 1 saturated heterocycles. The molecule has 0 spiro atoms. The molecule has 34 heavy (non-hydrogen) atoms. The summed E-state index contributed by atoms with van der Waals surface area (Å²) in [5.41, 5.74) is 3.00. The number of carbonyl (C=O) groups excluding carboxylic acids is 3. The first-order valence-corrected chi connectivity index (χ1v) is 11.6. The average molecular weight is 456 g/mol. The molecule has 3 aromatic carbocycles. The van der Waals surface area contributed by atoms with Crippen LogP contribution < -0.4 is 10.6 Å². The van der Waals surface area contributed by atoms with Crippen LogP contribution in [0.3, 0.4) is 0 Å². The Bertz CT molecular complexity index is 1150. The van der Waals surface area contributed by atoms with Crippen molar-refractivity contribution in [3.05, 3.63) is 102 Å². The quantitative estimate of drug-likeness (QED) is 0.534. The van der Waals surface area contributed by atoms with Crippen molar-refractivity contribution in [2.75, 3.05) is 18.4 Å². The minimum atomic E-state index is -0.442. The van der Waals surface area contributed by atoms with Crippen molar-refractivity contribution in [2.24, 2.45) is 5.92 Å². The van der Waals surface area contributed by atoms with Crippen molar-refractivity contribution in [3.63, 3.8) is 0 Å². The molecule has 0 aromatic heterocycles. The molecule has 3 amide bonds. The molecule has 4 rings (SSSR count). The van der Waals surface area contributed by atoms with Crippen molar-refractivity contribution >= 4 is 23.4 Å². The van der Waals surface area contributed by atoms with E-state index in [-0.39, 0.29) is 30.2 Å². The van der Waals surface area contributed by atoms with Crippen LogP contribution in [-0.2, 0) is 16.0 Å². The monoisotopic (exact) mass is 455 g/mol. The normalized spacial score (nSPS) is 16.2. The van der Waals surface area contributed by atoms with E-state index in [0.717, 1.165) is 17.5 Å². The van der Waals surface area contributed by atoms with E-state index in [1.807, 2.05) is 67.6 Å². The number of rotatable bonds is 8. The second-order valence-electron chi connectivity index (χ2n) is 8.62. The summed E-state index contributed by atoms with van der Waals surface area (Å²) in [6.07, 6.45) is 0.934. The second kappa shape index (κ2) is 10.8. The fraction of sp³-hybridized carbons (Fsp3) is 0.250. The van der Waals surface area contributed by atoms with Crippen LogP contribution in [0.5, 0.6) is 0 Å². The molecule has 0 radical (unpaired) electrons. The van der Waals surface area contributed by atoms with Crippen LogP contribution in [0, 0.1) is 5.92 Å². The number of nitrogens with zero attached hydrogens (tertiary/aromatic N) is 1. The largest absolute Gasteiger partial charge is 0.345 e. The van der Waals surface area contributed by atoms with Crippen molar-refractivity contribution < 1.29 is 14.4 Å². The molecule has 2 N–H and O–H groups in total. The molecule has 1 aliphatic rings. The van der Waals surface area contributed by atoms with Gasteiger partial charge in [0.05, 0.1) is 23.2 Å². The molecule has 6 nitrogen and oxygen atoms in total. The molecule has 0 saturated carbocycles. The van der Waals surface area contributed by atoms with Gasteiger partial charge in [-0.1, -0.05) is 72.8 Å². The zero-order chi connectivity index (χ0) is 23.9. The lowest BCUT2D eigenvalue weighted by Crippen LogP contribution is -2.31. The van der Waals surface area contributed by atoms with Gasteiger partial charge in [0.2, 0.25) is 11.8 Å². The lowest BCUT2D eigenvalue weighted by molar-refractivity contribution is -0.128. The maximum Gasteiger partial charge on any atom is 0.253 e. The molecule has 1 heterocycles. The maximum atomic E-state index is 13.0. The lowest BCUT2D eigenvalue weighted by atomic mass is 10.1. The van der Waals surface area contributed by atoms with Gasteiger partial charge in [-0.2, -0.15) is 0 Å². The van der Waals surface area contributed by atoms with Crippen LogP contribution in [0.15, 0.2) is 84.9 Å². The van der Waals surface area contributed by atoms with Crippen LogP contribution in [0.2, 0.25) is 0 Å². The average Bonchev–Trinajstić information content (AvgIpc) is 3.24. The predicted octanol–water partition coefficient (Wildman–Crippen LogP) is 4.21. The number of amides is 3. The number of hydrogen-bond donors (Lipinski definition) is 2. The number of carbonyl (C=O) groups is 3. The first kappa shape index (κ1) is 23.2. The smallest absolute Gasteiger partial charge is 0.253 e. The molecular weight excluding hydrogens is 426 g/mol. The molecule has 174 valence electrons. The van der Waals surface area contributed by atoms with Crippen LogP contribution in [-0.4, -0.2) is 35.7 Å². The standard InChI is InChI=1S/C28H29N3O3/c1-20(22-12-6-3-7-13-22)29-28(34)24-14-8-9-15-25(24)30-27(33)23-18-26(32)31(19-23)17-16-21-10-4-2-5-11-21/h2-15,20,23H,16-19H2,1H3,(H,29,34)(H,30,33)/t20-,23+/m0/s1. The van der Waals surface area contributed by atoms with Gasteiger partial charge in [0.25, 0.3) is 5.91 Å². The first-order valence-electron chi connectivity index (χ1n) is 11.6. The summed E-state index contributed by atoms with van der Waals surface area (Å²) in [6, 6.07) is 26.5. The highest BCUT2D eigenvalue weighted by molar-refractivity contribution is 6.05. The molecule has 0 aliphatic carbocycles. The zero-order valence-corrected chi connectivity index (χ0v) is 19.2. The van der Waals surface area contributed by atoms with E-state index in [1.165, 1.54) is 0 Å². The van der Waals surface area contributed by atoms with E-state index < -0.39 is 5.92 Å². The Morgan fingerprint density at radius 2 is 1.59 bits per heavy atom. The first-order chi connectivity index (χ1) is 16.5. The van der Waals surface area contributed by atoms with Crippen LogP contribution in [0.1, 0.15) is 40.9 Å². The van der Waals surface area contributed by atoms with Gasteiger partial charge in [0.1, 0.15) is 0 Å². The summed E-state index contributed by atoms with van der Waals surface area (Å²) < 4.78 is 0. The molecule has 3 aromatic rings. The van der Waals surface area contributed by atoms with Gasteiger partial charge in [0, 0.05) is 19.5 Å². The third-order valence-electron chi connectivity index (χ3n) is 6.18. The van der Waals surface area contributed by atoms with Crippen LogP contribution >= 0.6 is 0 Å². The number of likely N-dealkylation sites (tertiary alicyclic amines) is 1. The molecule has 2 atom stereocenters. The van der Waals surface area contributed by atoms with Crippen molar-refractivity contribution in [1.82, 2.24) is 10.2 Å². The minimum Gasteiger partial charge on any atom is -0.345 e.